The zero-order valence-corrected chi connectivity index (χ0v) is 14.2. The number of nitrogens with zero attached hydrogens (tertiary/aromatic N) is 1. The van der Waals surface area contributed by atoms with E-state index in [0.29, 0.717) is 23.5 Å². The molecule has 0 bridgehead atoms. The third kappa shape index (κ3) is 2.51. The number of benzene rings is 2. The summed E-state index contributed by atoms with van der Waals surface area (Å²) in [7, 11) is -3.62. The largest absolute Gasteiger partial charge is 0.358 e. The number of rotatable bonds is 2. The molecule has 124 valence electrons. The first-order valence-corrected chi connectivity index (χ1v) is 9.31. The molecule has 0 amide bonds. The van der Waals surface area contributed by atoms with Crippen LogP contribution in [0.1, 0.15) is 11.3 Å². The molecule has 1 aromatic heterocycles. The van der Waals surface area contributed by atoms with Crippen molar-refractivity contribution in [2.75, 3.05) is 6.54 Å². The van der Waals surface area contributed by atoms with Crippen LogP contribution in [0.5, 0.6) is 0 Å². The number of hydrogen-bond acceptors (Lipinski definition) is 2. The van der Waals surface area contributed by atoms with Gasteiger partial charge in [0.1, 0.15) is 5.82 Å². The Morgan fingerprint density at radius 2 is 2.00 bits per heavy atom. The van der Waals surface area contributed by atoms with Gasteiger partial charge in [-0.1, -0.05) is 17.7 Å². The predicted octanol–water partition coefficient (Wildman–Crippen LogP) is 3.71. The fourth-order valence-electron chi connectivity index (χ4n) is 3.15. The number of aromatic nitrogens is 1. The molecule has 24 heavy (non-hydrogen) atoms. The van der Waals surface area contributed by atoms with Gasteiger partial charge in [-0.2, -0.15) is 4.31 Å². The summed E-state index contributed by atoms with van der Waals surface area (Å²) in [5, 5.41) is 1.24. The average molecular weight is 365 g/mol. The van der Waals surface area contributed by atoms with E-state index in [1.54, 1.807) is 24.3 Å². The third-order valence-corrected chi connectivity index (χ3v) is 6.41. The van der Waals surface area contributed by atoms with Crippen molar-refractivity contribution in [2.45, 2.75) is 17.9 Å². The van der Waals surface area contributed by atoms with Crippen molar-refractivity contribution >= 4 is 32.5 Å². The Balaban J connectivity index is 1.75. The summed E-state index contributed by atoms with van der Waals surface area (Å²) >= 11 is 5.92. The third-order valence-electron chi connectivity index (χ3n) is 4.34. The Hall–Kier alpha value is -1.89. The Labute approximate surface area is 143 Å². The van der Waals surface area contributed by atoms with Crippen molar-refractivity contribution in [3.05, 3.63) is 64.6 Å². The summed E-state index contributed by atoms with van der Waals surface area (Å²) in [6, 6.07) is 10.8. The summed E-state index contributed by atoms with van der Waals surface area (Å²) in [5.74, 6) is -0.315. The molecule has 1 aliphatic heterocycles. The molecule has 3 aromatic rings. The van der Waals surface area contributed by atoms with E-state index in [1.807, 2.05) is 0 Å². The van der Waals surface area contributed by atoms with E-state index in [2.05, 4.69) is 4.98 Å². The Morgan fingerprint density at radius 3 is 2.79 bits per heavy atom. The van der Waals surface area contributed by atoms with Crippen LogP contribution in [0.2, 0.25) is 5.02 Å². The van der Waals surface area contributed by atoms with Crippen LogP contribution in [0.4, 0.5) is 4.39 Å². The molecule has 0 fully saturated rings. The molecule has 0 saturated heterocycles. The van der Waals surface area contributed by atoms with Gasteiger partial charge in [0, 0.05) is 41.1 Å². The van der Waals surface area contributed by atoms with Gasteiger partial charge in [-0.15, -0.1) is 0 Å². The molecule has 0 aliphatic carbocycles. The van der Waals surface area contributed by atoms with Crippen molar-refractivity contribution in [3.8, 4) is 0 Å². The summed E-state index contributed by atoms with van der Waals surface area (Å²) in [6.45, 7) is 0.632. The first kappa shape index (κ1) is 15.6. The molecule has 0 radical (unpaired) electrons. The monoisotopic (exact) mass is 364 g/mol. The maximum Gasteiger partial charge on any atom is 0.243 e. The lowest BCUT2D eigenvalue weighted by Crippen LogP contribution is -2.35. The fourth-order valence-corrected chi connectivity index (χ4v) is 4.86. The summed E-state index contributed by atoms with van der Waals surface area (Å²) in [5.41, 5.74) is 2.57. The molecule has 4 rings (SSSR count). The number of aromatic amines is 1. The molecule has 4 nitrogen and oxygen atoms in total. The van der Waals surface area contributed by atoms with E-state index in [1.165, 1.54) is 22.5 Å². The van der Waals surface area contributed by atoms with Crippen molar-refractivity contribution in [3.63, 3.8) is 0 Å². The minimum absolute atomic E-state index is 0.185. The molecule has 7 heteroatoms. The highest BCUT2D eigenvalue weighted by Crippen LogP contribution is 2.31. The number of halogens is 2. The van der Waals surface area contributed by atoms with Gasteiger partial charge in [0.2, 0.25) is 10.0 Å². The molecule has 0 atom stereocenters. The van der Waals surface area contributed by atoms with Gasteiger partial charge < -0.3 is 4.98 Å². The highest BCUT2D eigenvalue weighted by Gasteiger charge is 2.30. The second kappa shape index (κ2) is 5.58. The maximum absolute atomic E-state index is 13.4. The molecule has 0 unspecified atom stereocenters. The molecule has 1 aliphatic rings. The van der Waals surface area contributed by atoms with E-state index in [9.17, 15) is 12.8 Å². The Kier molecular flexibility index (Phi) is 3.63. The standard InChI is InChI=1S/C17H14ClFN2O2S/c18-11-2-1-3-13(8-11)24(22,23)21-7-6-16-15(10-21)14-5-4-12(19)9-17(14)20-16/h1-5,8-9,20H,6-7,10H2. The number of sulfonamides is 1. The normalized spacial score (nSPS) is 15.6. The van der Waals surface area contributed by atoms with Crippen molar-refractivity contribution in [2.24, 2.45) is 0 Å². The fraction of sp³-hybridized carbons (Fsp3) is 0.176. The van der Waals surface area contributed by atoms with Gasteiger partial charge in [0.05, 0.1) is 4.90 Å². The summed E-state index contributed by atoms with van der Waals surface area (Å²) < 4.78 is 40.5. The average Bonchev–Trinajstić information content (AvgIpc) is 2.91. The second-order valence-corrected chi connectivity index (χ2v) is 8.19. The number of hydrogen-bond donors (Lipinski definition) is 1. The van der Waals surface area contributed by atoms with E-state index in [4.69, 9.17) is 11.6 Å². The van der Waals surface area contributed by atoms with Crippen LogP contribution in [-0.4, -0.2) is 24.3 Å². The first-order chi connectivity index (χ1) is 11.4. The van der Waals surface area contributed by atoms with E-state index in [-0.39, 0.29) is 17.3 Å². The number of H-pyrrole nitrogens is 1. The van der Waals surface area contributed by atoms with Crippen molar-refractivity contribution in [1.29, 1.82) is 0 Å². The number of fused-ring (bicyclic) bond motifs is 3. The van der Waals surface area contributed by atoms with Crippen LogP contribution < -0.4 is 0 Å². The summed E-state index contributed by atoms with van der Waals surface area (Å²) in [6.07, 6.45) is 0.561. The van der Waals surface area contributed by atoms with E-state index >= 15 is 0 Å². The quantitative estimate of drug-likeness (QED) is 0.753. The molecule has 2 aromatic carbocycles. The van der Waals surface area contributed by atoms with E-state index in [0.717, 1.165) is 16.6 Å². The maximum atomic E-state index is 13.4. The first-order valence-electron chi connectivity index (χ1n) is 7.50. The minimum atomic E-state index is -3.62. The van der Waals surface area contributed by atoms with E-state index < -0.39 is 10.0 Å². The minimum Gasteiger partial charge on any atom is -0.358 e. The van der Waals surface area contributed by atoms with Crippen LogP contribution in [0.3, 0.4) is 0 Å². The highest BCUT2D eigenvalue weighted by molar-refractivity contribution is 7.89. The molecule has 2 heterocycles. The lowest BCUT2D eigenvalue weighted by Gasteiger charge is -2.26. The molecule has 1 N–H and O–H groups in total. The van der Waals surface area contributed by atoms with Gasteiger partial charge in [-0.05, 0) is 42.0 Å². The van der Waals surface area contributed by atoms with Crippen LogP contribution in [0, 0.1) is 5.82 Å². The summed E-state index contributed by atoms with van der Waals surface area (Å²) in [4.78, 5) is 3.38. The topological polar surface area (TPSA) is 53.2 Å². The lowest BCUT2D eigenvalue weighted by molar-refractivity contribution is 0.391. The molecular weight excluding hydrogens is 351 g/mol. The van der Waals surface area contributed by atoms with Gasteiger partial charge in [-0.25, -0.2) is 12.8 Å². The predicted molar refractivity (Wildman–Crippen MR) is 91.0 cm³/mol. The molecular formula is C17H14ClFN2O2S. The van der Waals surface area contributed by atoms with Gasteiger partial charge in [-0.3, -0.25) is 0 Å². The van der Waals surface area contributed by atoms with Gasteiger partial charge >= 0.3 is 0 Å². The van der Waals surface area contributed by atoms with Crippen LogP contribution in [-0.2, 0) is 23.0 Å². The highest BCUT2D eigenvalue weighted by atomic mass is 35.5. The van der Waals surface area contributed by atoms with Crippen LogP contribution >= 0.6 is 11.6 Å². The Morgan fingerprint density at radius 1 is 1.17 bits per heavy atom. The second-order valence-electron chi connectivity index (χ2n) is 5.82. The Bertz CT molecular complexity index is 1050. The number of nitrogens with one attached hydrogen (secondary N) is 1. The van der Waals surface area contributed by atoms with Crippen LogP contribution in [0.25, 0.3) is 10.9 Å². The zero-order chi connectivity index (χ0) is 16.9. The molecule has 0 saturated carbocycles. The van der Waals surface area contributed by atoms with Gasteiger partial charge in [0.25, 0.3) is 0 Å². The lowest BCUT2D eigenvalue weighted by atomic mass is 10.1. The SMILES string of the molecule is O=S(=O)(c1cccc(Cl)c1)N1CCc2[nH]c3cc(F)ccc3c2C1. The molecule has 0 spiro atoms. The van der Waals surface area contributed by atoms with Crippen LogP contribution in [0.15, 0.2) is 47.4 Å². The van der Waals surface area contributed by atoms with Crippen molar-refractivity contribution < 1.29 is 12.8 Å². The smallest absolute Gasteiger partial charge is 0.243 e. The van der Waals surface area contributed by atoms with Gasteiger partial charge in [0.15, 0.2) is 0 Å². The van der Waals surface area contributed by atoms with Crippen molar-refractivity contribution in [1.82, 2.24) is 9.29 Å². The zero-order valence-electron chi connectivity index (χ0n) is 12.6.